The van der Waals surface area contributed by atoms with E-state index in [1.807, 2.05) is 20.8 Å². The van der Waals surface area contributed by atoms with Crippen LogP contribution < -0.4 is 9.80 Å². The van der Waals surface area contributed by atoms with Crippen LogP contribution in [0.1, 0.15) is 26.1 Å². The lowest BCUT2D eigenvalue weighted by atomic mass is 10.3. The van der Waals surface area contributed by atoms with Gasteiger partial charge in [0.05, 0.1) is 0 Å². The fraction of sp³-hybridized carbons (Fsp3) is 0.812. The van der Waals surface area contributed by atoms with Crippen molar-refractivity contribution in [2.75, 3.05) is 56.1 Å². The molecular formula is C16H28N6. The first-order valence-electron chi connectivity index (χ1n) is 8.60. The van der Waals surface area contributed by atoms with Crippen LogP contribution >= 0.6 is 0 Å². The molecule has 1 aromatic rings. The van der Waals surface area contributed by atoms with Gasteiger partial charge in [-0.25, -0.2) is 0 Å². The van der Waals surface area contributed by atoms with Crippen molar-refractivity contribution in [2.24, 2.45) is 11.8 Å². The Labute approximate surface area is 133 Å². The summed E-state index contributed by atoms with van der Waals surface area (Å²) in [5, 5.41) is 0. The molecule has 1 aliphatic carbocycles. The highest BCUT2D eigenvalue weighted by atomic mass is 15.4. The number of fused-ring (bicyclic) bond motifs is 1. The second-order valence-electron chi connectivity index (χ2n) is 6.43. The van der Waals surface area contributed by atoms with Crippen molar-refractivity contribution in [1.82, 2.24) is 19.9 Å². The summed E-state index contributed by atoms with van der Waals surface area (Å²) in [6.45, 7) is 12.4. The number of aromatic nitrogens is 3. The summed E-state index contributed by atoms with van der Waals surface area (Å²) < 4.78 is 0. The molecule has 6 nitrogen and oxygen atoms in total. The lowest BCUT2D eigenvalue weighted by molar-refractivity contribution is 0.311. The van der Waals surface area contributed by atoms with Crippen LogP contribution in [0, 0.1) is 18.8 Å². The summed E-state index contributed by atoms with van der Waals surface area (Å²) in [4.78, 5) is 20.8. The molecule has 2 unspecified atom stereocenters. The third-order valence-corrected chi connectivity index (χ3v) is 4.77. The van der Waals surface area contributed by atoms with Crippen LogP contribution in [0.5, 0.6) is 0 Å². The van der Waals surface area contributed by atoms with E-state index in [1.165, 1.54) is 6.42 Å². The molecule has 6 heteroatoms. The summed E-state index contributed by atoms with van der Waals surface area (Å²) >= 11 is 0. The lowest BCUT2D eigenvalue weighted by Crippen LogP contribution is -2.45. The second kappa shape index (κ2) is 6.36. The molecule has 3 heterocycles. The molecule has 2 aliphatic heterocycles. The van der Waals surface area contributed by atoms with Gasteiger partial charge >= 0.3 is 0 Å². The predicted octanol–water partition coefficient (Wildman–Crippen LogP) is 1.41. The van der Waals surface area contributed by atoms with Gasteiger partial charge in [-0.2, -0.15) is 15.0 Å². The smallest absolute Gasteiger partial charge is 0.230 e. The minimum Gasteiger partial charge on any atom is -0.340 e. The Morgan fingerprint density at radius 2 is 1.36 bits per heavy atom. The number of nitrogens with zero attached hydrogens (tertiary/aromatic N) is 6. The third kappa shape index (κ3) is 3.16. The maximum atomic E-state index is 4.73. The number of piperidine rings is 1. The van der Waals surface area contributed by atoms with Crippen molar-refractivity contribution < 1.29 is 0 Å². The maximum Gasteiger partial charge on any atom is 0.230 e. The first-order valence-corrected chi connectivity index (χ1v) is 8.60. The number of piperazine rings is 1. The van der Waals surface area contributed by atoms with E-state index in [0.29, 0.717) is 0 Å². The van der Waals surface area contributed by atoms with Crippen molar-refractivity contribution in [3.05, 3.63) is 5.82 Å². The molecule has 1 aromatic heterocycles. The molecule has 4 rings (SSSR count). The normalized spacial score (nSPS) is 27.3. The van der Waals surface area contributed by atoms with E-state index in [9.17, 15) is 0 Å². The SMILES string of the molecule is CC.Cc1nc(N2CCN(C)CC2)nc(N2CC3CC3C2)n1. The molecule has 0 radical (unpaired) electrons. The highest BCUT2D eigenvalue weighted by molar-refractivity contribution is 5.41. The molecule has 3 aliphatic rings. The van der Waals surface area contributed by atoms with E-state index in [4.69, 9.17) is 4.98 Å². The average molecular weight is 304 g/mol. The Morgan fingerprint density at radius 1 is 0.818 bits per heavy atom. The number of rotatable bonds is 2. The van der Waals surface area contributed by atoms with Gasteiger partial charge in [-0.1, -0.05) is 13.8 Å². The summed E-state index contributed by atoms with van der Waals surface area (Å²) in [5.74, 6) is 4.39. The standard InChI is InChI=1S/C14H22N6.C2H6/c1-10-15-13(19-5-3-18(2)4-6-19)17-14(16-10)20-8-11-7-12(11)9-20;1-2/h11-12H,3-9H2,1-2H3;1-2H3. The molecule has 0 amide bonds. The van der Waals surface area contributed by atoms with E-state index in [1.54, 1.807) is 0 Å². The molecule has 1 saturated carbocycles. The van der Waals surface area contributed by atoms with E-state index in [-0.39, 0.29) is 0 Å². The molecule has 2 atom stereocenters. The van der Waals surface area contributed by atoms with Crippen molar-refractivity contribution in [2.45, 2.75) is 27.2 Å². The second-order valence-corrected chi connectivity index (χ2v) is 6.43. The van der Waals surface area contributed by atoms with Crippen LogP contribution in [0.25, 0.3) is 0 Å². The molecule has 0 aromatic carbocycles. The fourth-order valence-electron chi connectivity index (χ4n) is 3.30. The molecule has 0 N–H and O–H groups in total. The molecule has 0 bridgehead atoms. The topological polar surface area (TPSA) is 48.4 Å². The molecule has 122 valence electrons. The quantitative estimate of drug-likeness (QED) is 0.823. The zero-order valence-corrected chi connectivity index (χ0v) is 14.3. The van der Waals surface area contributed by atoms with Gasteiger partial charge in [-0.15, -0.1) is 0 Å². The van der Waals surface area contributed by atoms with Gasteiger partial charge < -0.3 is 14.7 Å². The highest BCUT2D eigenvalue weighted by Crippen LogP contribution is 2.45. The van der Waals surface area contributed by atoms with Gasteiger partial charge in [0.25, 0.3) is 0 Å². The van der Waals surface area contributed by atoms with E-state index < -0.39 is 0 Å². The summed E-state index contributed by atoms with van der Waals surface area (Å²) in [6, 6.07) is 0. The number of likely N-dealkylation sites (N-methyl/N-ethyl adjacent to an activating group) is 1. The van der Waals surface area contributed by atoms with Gasteiger partial charge in [-0.3, -0.25) is 0 Å². The minimum atomic E-state index is 0.838. The van der Waals surface area contributed by atoms with Crippen molar-refractivity contribution in [1.29, 1.82) is 0 Å². The zero-order valence-electron chi connectivity index (χ0n) is 14.3. The Bertz CT molecular complexity index is 501. The minimum absolute atomic E-state index is 0.838. The molecule has 3 fully saturated rings. The monoisotopic (exact) mass is 304 g/mol. The van der Waals surface area contributed by atoms with Crippen molar-refractivity contribution in [3.8, 4) is 0 Å². The van der Waals surface area contributed by atoms with Crippen LogP contribution in [0.15, 0.2) is 0 Å². The molecule has 22 heavy (non-hydrogen) atoms. The first-order chi connectivity index (χ1) is 10.7. The van der Waals surface area contributed by atoms with Gasteiger partial charge in [-0.05, 0) is 32.2 Å². The largest absolute Gasteiger partial charge is 0.340 e. The van der Waals surface area contributed by atoms with Gasteiger partial charge in [0.2, 0.25) is 11.9 Å². The van der Waals surface area contributed by atoms with Crippen molar-refractivity contribution >= 4 is 11.9 Å². The number of anilines is 2. The Kier molecular flexibility index (Phi) is 4.47. The Hall–Kier alpha value is -1.43. The van der Waals surface area contributed by atoms with E-state index in [0.717, 1.165) is 68.8 Å². The van der Waals surface area contributed by atoms with Crippen LogP contribution in [0.4, 0.5) is 11.9 Å². The van der Waals surface area contributed by atoms with E-state index >= 15 is 0 Å². The van der Waals surface area contributed by atoms with Crippen LogP contribution in [0.2, 0.25) is 0 Å². The number of hydrogen-bond donors (Lipinski definition) is 0. The van der Waals surface area contributed by atoms with Crippen LogP contribution in [0.3, 0.4) is 0 Å². The average Bonchev–Trinajstić information content (AvgIpc) is 3.15. The molecule has 2 saturated heterocycles. The zero-order chi connectivity index (χ0) is 15.7. The van der Waals surface area contributed by atoms with E-state index in [2.05, 4.69) is 31.7 Å². The maximum absolute atomic E-state index is 4.73. The first kappa shape index (κ1) is 15.5. The summed E-state index contributed by atoms with van der Waals surface area (Å²) in [7, 11) is 2.16. The highest BCUT2D eigenvalue weighted by Gasteiger charge is 2.46. The number of aryl methyl sites for hydroxylation is 1. The lowest BCUT2D eigenvalue weighted by Gasteiger charge is -2.32. The van der Waals surface area contributed by atoms with Gasteiger partial charge in [0.15, 0.2) is 0 Å². The predicted molar refractivity (Wildman–Crippen MR) is 89.4 cm³/mol. The summed E-state index contributed by atoms with van der Waals surface area (Å²) in [6.07, 6.45) is 1.41. The van der Waals surface area contributed by atoms with Gasteiger partial charge in [0.1, 0.15) is 5.82 Å². The number of hydrogen-bond acceptors (Lipinski definition) is 6. The molecular weight excluding hydrogens is 276 g/mol. The van der Waals surface area contributed by atoms with Crippen LogP contribution in [-0.4, -0.2) is 66.2 Å². The van der Waals surface area contributed by atoms with Crippen molar-refractivity contribution in [3.63, 3.8) is 0 Å². The molecule has 0 spiro atoms. The third-order valence-electron chi connectivity index (χ3n) is 4.77. The fourth-order valence-corrected chi connectivity index (χ4v) is 3.30. The Morgan fingerprint density at radius 3 is 1.95 bits per heavy atom. The van der Waals surface area contributed by atoms with Crippen LogP contribution in [-0.2, 0) is 0 Å². The van der Waals surface area contributed by atoms with Gasteiger partial charge in [0, 0.05) is 39.3 Å². The summed E-state index contributed by atoms with van der Waals surface area (Å²) in [5.41, 5.74) is 0. The Balaban J connectivity index is 0.000000693.